The Morgan fingerprint density at radius 2 is 1.68 bits per heavy atom. The molecule has 3 rings (SSSR count). The van der Waals surface area contributed by atoms with E-state index in [1.165, 1.54) is 24.3 Å². The van der Waals surface area contributed by atoms with Crippen molar-refractivity contribution in [2.24, 2.45) is 0 Å². The van der Waals surface area contributed by atoms with E-state index in [4.69, 9.17) is 9.47 Å². The Morgan fingerprint density at radius 3 is 2.44 bits per heavy atom. The van der Waals surface area contributed by atoms with Crippen molar-refractivity contribution in [3.63, 3.8) is 0 Å². The molecule has 2 N–H and O–H groups in total. The molecule has 0 fully saturated rings. The van der Waals surface area contributed by atoms with Crippen LogP contribution in [0.5, 0.6) is 11.5 Å². The van der Waals surface area contributed by atoms with Gasteiger partial charge in [-0.25, -0.2) is 4.39 Å². The van der Waals surface area contributed by atoms with Crippen LogP contribution in [0.1, 0.15) is 15.9 Å². The second-order valence-corrected chi connectivity index (χ2v) is 5.44. The lowest BCUT2D eigenvalue weighted by molar-refractivity contribution is -0.120. The van der Waals surface area contributed by atoms with E-state index in [1.54, 1.807) is 6.07 Å². The summed E-state index contributed by atoms with van der Waals surface area (Å²) in [5, 5.41) is 5.20. The van der Waals surface area contributed by atoms with Gasteiger partial charge in [0.1, 0.15) is 19.0 Å². The van der Waals surface area contributed by atoms with Crippen LogP contribution in [0.25, 0.3) is 0 Å². The second kappa shape index (κ2) is 7.65. The minimum Gasteiger partial charge on any atom is -0.486 e. The molecule has 1 aliphatic rings. The summed E-state index contributed by atoms with van der Waals surface area (Å²) in [6.45, 7) is 1.16. The third-order valence-corrected chi connectivity index (χ3v) is 3.61. The maximum Gasteiger partial charge on any atom is 0.251 e. The van der Waals surface area contributed by atoms with E-state index in [1.807, 2.05) is 12.1 Å². The summed E-state index contributed by atoms with van der Waals surface area (Å²) in [5.74, 6) is 0.157. The van der Waals surface area contributed by atoms with Crippen LogP contribution in [-0.2, 0) is 11.3 Å². The van der Waals surface area contributed by atoms with Crippen LogP contribution < -0.4 is 20.1 Å². The third-order valence-electron chi connectivity index (χ3n) is 3.61. The lowest BCUT2D eigenvalue weighted by Crippen LogP contribution is -2.36. The van der Waals surface area contributed by atoms with Gasteiger partial charge >= 0.3 is 0 Å². The molecule has 2 amide bonds. The highest BCUT2D eigenvalue weighted by molar-refractivity contribution is 5.96. The molecule has 0 atom stereocenters. The van der Waals surface area contributed by atoms with Gasteiger partial charge in [-0.2, -0.15) is 0 Å². The number of rotatable bonds is 5. The Bertz CT molecular complexity index is 777. The van der Waals surface area contributed by atoms with E-state index in [0.717, 1.165) is 5.56 Å². The van der Waals surface area contributed by atoms with Gasteiger partial charge in [0.05, 0.1) is 6.54 Å². The average Bonchev–Trinajstić information content (AvgIpc) is 2.65. The second-order valence-electron chi connectivity index (χ2n) is 5.44. The Hall–Kier alpha value is -3.09. The quantitative estimate of drug-likeness (QED) is 0.865. The molecule has 0 aromatic heterocycles. The number of carbonyl (C=O) groups excluding carboxylic acids is 2. The molecule has 0 unspecified atom stereocenters. The van der Waals surface area contributed by atoms with Gasteiger partial charge in [-0.3, -0.25) is 9.59 Å². The van der Waals surface area contributed by atoms with Crippen molar-refractivity contribution in [3.8, 4) is 11.5 Å². The van der Waals surface area contributed by atoms with Crippen LogP contribution in [0, 0.1) is 5.82 Å². The number of amides is 2. The van der Waals surface area contributed by atoms with Gasteiger partial charge in [0.25, 0.3) is 5.91 Å². The first kappa shape index (κ1) is 16.8. The molecule has 2 aromatic carbocycles. The monoisotopic (exact) mass is 344 g/mol. The summed E-state index contributed by atoms with van der Waals surface area (Å²) in [5.41, 5.74) is 1.16. The maximum atomic E-state index is 12.8. The molecule has 1 heterocycles. The van der Waals surface area contributed by atoms with Gasteiger partial charge in [-0.15, -0.1) is 0 Å². The zero-order valence-electron chi connectivity index (χ0n) is 13.4. The number of fused-ring (bicyclic) bond motifs is 1. The van der Waals surface area contributed by atoms with Gasteiger partial charge in [0, 0.05) is 12.1 Å². The molecule has 0 saturated heterocycles. The summed E-state index contributed by atoms with van der Waals surface area (Å²) >= 11 is 0. The van der Waals surface area contributed by atoms with Crippen molar-refractivity contribution in [1.82, 2.24) is 10.6 Å². The van der Waals surface area contributed by atoms with Gasteiger partial charge in [-0.05, 0) is 42.0 Å². The molecular formula is C18H17FN2O4. The Morgan fingerprint density at radius 1 is 0.960 bits per heavy atom. The molecule has 130 valence electrons. The number of hydrogen-bond acceptors (Lipinski definition) is 4. The van der Waals surface area contributed by atoms with Crippen LogP contribution in [0.15, 0.2) is 42.5 Å². The molecule has 2 aromatic rings. The molecule has 0 aliphatic carbocycles. The topological polar surface area (TPSA) is 76.7 Å². The first-order valence-electron chi connectivity index (χ1n) is 7.81. The van der Waals surface area contributed by atoms with Crippen molar-refractivity contribution in [2.75, 3.05) is 19.8 Å². The number of nitrogens with one attached hydrogen (secondary N) is 2. The van der Waals surface area contributed by atoms with Crippen LogP contribution in [0.4, 0.5) is 4.39 Å². The highest BCUT2D eigenvalue weighted by Crippen LogP contribution is 2.30. The minimum absolute atomic E-state index is 0.166. The van der Waals surface area contributed by atoms with E-state index in [-0.39, 0.29) is 12.5 Å². The van der Waals surface area contributed by atoms with Crippen LogP contribution in [-0.4, -0.2) is 31.6 Å². The molecule has 25 heavy (non-hydrogen) atoms. The Balaban J connectivity index is 1.46. The molecular weight excluding hydrogens is 327 g/mol. The number of benzene rings is 2. The summed E-state index contributed by atoms with van der Waals surface area (Å²) < 4.78 is 23.7. The lowest BCUT2D eigenvalue weighted by atomic mass is 10.2. The molecule has 7 heteroatoms. The highest BCUT2D eigenvalue weighted by atomic mass is 19.1. The molecule has 0 saturated carbocycles. The van der Waals surface area contributed by atoms with Crippen molar-refractivity contribution in [3.05, 3.63) is 59.4 Å². The summed E-state index contributed by atoms with van der Waals surface area (Å²) in [6, 6.07) is 10.5. The zero-order chi connectivity index (χ0) is 17.6. The normalized spacial score (nSPS) is 12.4. The van der Waals surface area contributed by atoms with Crippen molar-refractivity contribution in [2.45, 2.75) is 6.54 Å². The largest absolute Gasteiger partial charge is 0.486 e. The fourth-order valence-electron chi connectivity index (χ4n) is 2.32. The SMILES string of the molecule is O=C(CNC(=O)c1ccc(F)cc1)NCc1ccc2c(c1)OCCO2. The minimum atomic E-state index is -0.436. The average molecular weight is 344 g/mol. The molecule has 1 aliphatic heterocycles. The fourth-order valence-corrected chi connectivity index (χ4v) is 2.32. The van der Waals surface area contributed by atoms with Crippen molar-refractivity contribution >= 4 is 11.8 Å². The lowest BCUT2D eigenvalue weighted by Gasteiger charge is -2.19. The fraction of sp³-hybridized carbons (Fsp3) is 0.222. The Labute approximate surface area is 143 Å². The maximum absolute atomic E-state index is 12.8. The van der Waals surface area contributed by atoms with Crippen molar-refractivity contribution in [1.29, 1.82) is 0 Å². The number of hydrogen-bond donors (Lipinski definition) is 2. The highest BCUT2D eigenvalue weighted by Gasteiger charge is 2.12. The number of carbonyl (C=O) groups is 2. The molecule has 6 nitrogen and oxygen atoms in total. The van der Waals surface area contributed by atoms with Gasteiger partial charge < -0.3 is 20.1 Å². The van der Waals surface area contributed by atoms with Crippen LogP contribution in [0.2, 0.25) is 0 Å². The predicted molar refractivity (Wildman–Crippen MR) is 88.0 cm³/mol. The Kier molecular flexibility index (Phi) is 5.13. The van der Waals surface area contributed by atoms with E-state index in [9.17, 15) is 14.0 Å². The number of ether oxygens (including phenoxy) is 2. The number of halogens is 1. The first-order valence-corrected chi connectivity index (χ1v) is 7.81. The predicted octanol–water partition coefficient (Wildman–Crippen LogP) is 1.64. The third kappa shape index (κ3) is 4.47. The first-order chi connectivity index (χ1) is 12.1. The standard InChI is InChI=1S/C18H17FN2O4/c19-14-4-2-13(3-5-14)18(23)21-11-17(22)20-10-12-1-6-15-16(9-12)25-8-7-24-15/h1-6,9H,7-8,10-11H2,(H,20,22)(H,21,23). The van der Waals surface area contributed by atoms with Crippen LogP contribution >= 0.6 is 0 Å². The van der Waals surface area contributed by atoms with Crippen molar-refractivity contribution < 1.29 is 23.5 Å². The van der Waals surface area contributed by atoms with Crippen LogP contribution in [0.3, 0.4) is 0 Å². The summed E-state index contributed by atoms with van der Waals surface area (Å²) in [7, 11) is 0. The smallest absolute Gasteiger partial charge is 0.251 e. The van der Waals surface area contributed by atoms with Gasteiger partial charge in [-0.1, -0.05) is 6.07 Å². The zero-order valence-corrected chi connectivity index (χ0v) is 13.4. The summed E-state index contributed by atoms with van der Waals surface area (Å²) in [6.07, 6.45) is 0. The molecule has 0 spiro atoms. The molecule has 0 bridgehead atoms. The van der Waals surface area contributed by atoms with Gasteiger partial charge in [0.2, 0.25) is 5.91 Å². The van der Waals surface area contributed by atoms with E-state index in [2.05, 4.69) is 10.6 Å². The van der Waals surface area contributed by atoms with E-state index >= 15 is 0 Å². The molecule has 0 radical (unpaired) electrons. The van der Waals surface area contributed by atoms with E-state index in [0.29, 0.717) is 36.8 Å². The van der Waals surface area contributed by atoms with E-state index < -0.39 is 11.7 Å². The van der Waals surface area contributed by atoms with Gasteiger partial charge in [0.15, 0.2) is 11.5 Å². The summed E-state index contributed by atoms with van der Waals surface area (Å²) in [4.78, 5) is 23.7.